The van der Waals surface area contributed by atoms with Crippen LogP contribution in [0.2, 0.25) is 0 Å². The summed E-state index contributed by atoms with van der Waals surface area (Å²) in [7, 11) is 0. The van der Waals surface area contributed by atoms with Gasteiger partial charge in [-0.2, -0.15) is 0 Å². The van der Waals surface area contributed by atoms with Gasteiger partial charge in [-0.3, -0.25) is 9.59 Å². The number of benzene rings is 2. The number of amides is 2. The molecule has 0 bridgehead atoms. The van der Waals surface area contributed by atoms with Crippen LogP contribution in [-0.4, -0.2) is 18.4 Å². The second-order valence-corrected chi connectivity index (χ2v) is 5.99. The summed E-state index contributed by atoms with van der Waals surface area (Å²) in [5.74, 6) is -0.424. The van der Waals surface area contributed by atoms with Crippen LogP contribution in [0.15, 0.2) is 42.5 Å². The molecule has 0 atom stereocenters. The molecule has 0 saturated heterocycles. The lowest BCUT2D eigenvalue weighted by atomic mass is 10.1. The number of para-hydroxylation sites is 1. The second-order valence-electron chi connectivity index (χ2n) is 4.82. The number of hydrogen-bond donors (Lipinski definition) is 2. The molecule has 0 spiro atoms. The van der Waals surface area contributed by atoms with E-state index in [9.17, 15) is 9.59 Å². The molecule has 0 aromatic heterocycles. The molecule has 4 nitrogen and oxygen atoms in total. The molecule has 0 fully saturated rings. The van der Waals surface area contributed by atoms with Crippen LogP contribution in [0.3, 0.4) is 0 Å². The lowest BCUT2D eigenvalue weighted by Gasteiger charge is -2.11. The predicted molar refractivity (Wildman–Crippen MR) is 96.3 cm³/mol. The predicted octanol–water partition coefficient (Wildman–Crippen LogP) is 3.60. The van der Waals surface area contributed by atoms with E-state index in [1.54, 1.807) is 30.3 Å². The molecule has 2 aromatic carbocycles. The largest absolute Gasteiger partial charge is 0.352 e. The number of carbonyl (C=O) groups excluding carboxylic acids is 2. The van der Waals surface area contributed by atoms with Gasteiger partial charge in [0.2, 0.25) is 0 Å². The molecule has 0 saturated carbocycles. The third kappa shape index (κ3) is 3.85. The summed E-state index contributed by atoms with van der Waals surface area (Å²) >= 11 is 2.20. The molecule has 0 aliphatic rings. The average Bonchev–Trinajstić information content (AvgIpc) is 2.50. The minimum absolute atomic E-state index is 0.197. The van der Waals surface area contributed by atoms with Crippen LogP contribution in [-0.2, 0) is 0 Å². The van der Waals surface area contributed by atoms with Gasteiger partial charge in [-0.15, -0.1) is 0 Å². The van der Waals surface area contributed by atoms with E-state index >= 15 is 0 Å². The van der Waals surface area contributed by atoms with Crippen molar-refractivity contribution in [3.05, 3.63) is 62.7 Å². The average molecular weight is 408 g/mol. The van der Waals surface area contributed by atoms with Crippen molar-refractivity contribution in [3.63, 3.8) is 0 Å². The van der Waals surface area contributed by atoms with E-state index in [-0.39, 0.29) is 11.8 Å². The summed E-state index contributed by atoms with van der Waals surface area (Å²) in [4.78, 5) is 24.4. The fraction of sp³-hybridized carbons (Fsp3) is 0.176. The number of carbonyl (C=O) groups is 2. The van der Waals surface area contributed by atoms with E-state index in [0.29, 0.717) is 23.4 Å². The first-order chi connectivity index (χ1) is 10.5. The zero-order chi connectivity index (χ0) is 16.1. The third-order valence-electron chi connectivity index (χ3n) is 3.19. The summed E-state index contributed by atoms with van der Waals surface area (Å²) in [6.45, 7) is 4.39. The first kappa shape index (κ1) is 16.5. The highest BCUT2D eigenvalue weighted by atomic mass is 127. The smallest absolute Gasteiger partial charge is 0.255 e. The lowest BCUT2D eigenvalue weighted by molar-refractivity contribution is 0.0956. The van der Waals surface area contributed by atoms with Crippen molar-refractivity contribution in [2.24, 2.45) is 0 Å². The van der Waals surface area contributed by atoms with E-state index < -0.39 is 0 Å². The van der Waals surface area contributed by atoms with Crippen molar-refractivity contribution in [1.29, 1.82) is 0 Å². The molecule has 5 heteroatoms. The van der Waals surface area contributed by atoms with Crippen LogP contribution in [0.1, 0.15) is 33.2 Å². The maximum absolute atomic E-state index is 12.4. The van der Waals surface area contributed by atoms with Gasteiger partial charge < -0.3 is 10.6 Å². The fourth-order valence-electron chi connectivity index (χ4n) is 1.97. The molecule has 0 radical (unpaired) electrons. The summed E-state index contributed by atoms with van der Waals surface area (Å²) in [5.41, 5.74) is 2.66. The van der Waals surface area contributed by atoms with E-state index in [1.807, 2.05) is 26.0 Å². The normalized spacial score (nSPS) is 10.1. The Hall–Kier alpha value is -1.89. The minimum atomic E-state index is -0.227. The Labute approximate surface area is 143 Å². The van der Waals surface area contributed by atoms with Crippen molar-refractivity contribution < 1.29 is 9.59 Å². The van der Waals surface area contributed by atoms with Crippen LogP contribution in [0.4, 0.5) is 5.69 Å². The van der Waals surface area contributed by atoms with E-state index in [2.05, 4.69) is 33.2 Å². The van der Waals surface area contributed by atoms with Gasteiger partial charge in [0.15, 0.2) is 0 Å². The van der Waals surface area contributed by atoms with Gasteiger partial charge in [-0.25, -0.2) is 0 Å². The molecule has 22 heavy (non-hydrogen) atoms. The number of anilines is 1. The topological polar surface area (TPSA) is 58.2 Å². The van der Waals surface area contributed by atoms with Crippen LogP contribution in [0, 0.1) is 10.5 Å². The minimum Gasteiger partial charge on any atom is -0.352 e. The molecule has 2 rings (SSSR count). The zero-order valence-corrected chi connectivity index (χ0v) is 14.6. The van der Waals surface area contributed by atoms with Crippen molar-refractivity contribution in [2.75, 3.05) is 11.9 Å². The van der Waals surface area contributed by atoms with Gasteiger partial charge in [-0.1, -0.05) is 18.2 Å². The first-order valence-corrected chi connectivity index (χ1v) is 8.05. The van der Waals surface area contributed by atoms with Gasteiger partial charge in [0.1, 0.15) is 0 Å². The molecule has 2 N–H and O–H groups in total. The molecule has 0 heterocycles. The first-order valence-electron chi connectivity index (χ1n) is 6.97. The molecule has 2 amide bonds. The highest BCUT2D eigenvalue weighted by Gasteiger charge is 2.13. The van der Waals surface area contributed by atoms with Crippen LogP contribution in [0.25, 0.3) is 0 Å². The maximum Gasteiger partial charge on any atom is 0.255 e. The van der Waals surface area contributed by atoms with E-state index in [4.69, 9.17) is 0 Å². The van der Waals surface area contributed by atoms with Crippen molar-refractivity contribution in [1.82, 2.24) is 5.32 Å². The zero-order valence-electron chi connectivity index (χ0n) is 12.4. The molecule has 0 aliphatic heterocycles. The molecular formula is C17H17IN2O2. The number of aryl methyl sites for hydroxylation is 1. The van der Waals surface area contributed by atoms with Crippen LogP contribution < -0.4 is 10.6 Å². The molecule has 0 aliphatic carbocycles. The number of halogens is 1. The van der Waals surface area contributed by atoms with Gasteiger partial charge >= 0.3 is 0 Å². The third-order valence-corrected chi connectivity index (χ3v) is 4.35. The van der Waals surface area contributed by atoms with Crippen molar-refractivity contribution in [2.45, 2.75) is 13.8 Å². The monoisotopic (exact) mass is 408 g/mol. The van der Waals surface area contributed by atoms with Gasteiger partial charge in [-0.05, 0) is 66.3 Å². The molecule has 2 aromatic rings. The SMILES string of the molecule is CCNC(=O)c1ccccc1NC(=O)c1ccc(C)c(I)c1. The van der Waals surface area contributed by atoms with Crippen molar-refractivity contribution in [3.8, 4) is 0 Å². The second kappa shape index (κ2) is 7.40. The van der Waals surface area contributed by atoms with Gasteiger partial charge in [0.05, 0.1) is 11.3 Å². The highest BCUT2D eigenvalue weighted by molar-refractivity contribution is 14.1. The highest BCUT2D eigenvalue weighted by Crippen LogP contribution is 2.18. The quantitative estimate of drug-likeness (QED) is 0.760. The summed E-state index contributed by atoms with van der Waals surface area (Å²) in [6.07, 6.45) is 0. The Kier molecular flexibility index (Phi) is 5.54. The molecule has 0 unspecified atom stereocenters. The Balaban J connectivity index is 2.25. The van der Waals surface area contributed by atoms with Gasteiger partial charge in [0.25, 0.3) is 11.8 Å². The van der Waals surface area contributed by atoms with Gasteiger partial charge in [0, 0.05) is 15.7 Å². The Morgan fingerprint density at radius 1 is 1.09 bits per heavy atom. The lowest BCUT2D eigenvalue weighted by Crippen LogP contribution is -2.24. The number of rotatable bonds is 4. The Morgan fingerprint density at radius 3 is 2.50 bits per heavy atom. The van der Waals surface area contributed by atoms with Crippen molar-refractivity contribution >= 4 is 40.1 Å². The van der Waals surface area contributed by atoms with E-state index in [1.165, 1.54) is 0 Å². The molecular weight excluding hydrogens is 391 g/mol. The summed E-state index contributed by atoms with van der Waals surface area (Å²) in [5, 5.41) is 5.55. The van der Waals surface area contributed by atoms with Crippen LogP contribution >= 0.6 is 22.6 Å². The van der Waals surface area contributed by atoms with Crippen LogP contribution in [0.5, 0.6) is 0 Å². The summed E-state index contributed by atoms with van der Waals surface area (Å²) in [6, 6.07) is 12.5. The number of nitrogens with one attached hydrogen (secondary N) is 2. The van der Waals surface area contributed by atoms with E-state index in [0.717, 1.165) is 9.13 Å². The maximum atomic E-state index is 12.4. The standard InChI is InChI=1S/C17H17IN2O2/c1-3-19-17(22)13-6-4-5-7-15(13)20-16(21)12-9-8-11(2)14(18)10-12/h4-10H,3H2,1-2H3,(H,19,22)(H,20,21). The Bertz CT molecular complexity index is 714. The Morgan fingerprint density at radius 2 is 1.82 bits per heavy atom. The molecule has 114 valence electrons. The fourth-order valence-corrected chi connectivity index (χ4v) is 2.49. The summed E-state index contributed by atoms with van der Waals surface area (Å²) < 4.78 is 1.03. The number of hydrogen-bond acceptors (Lipinski definition) is 2.